The van der Waals surface area contributed by atoms with E-state index in [0.717, 1.165) is 29.5 Å². The molecule has 30 heavy (non-hydrogen) atoms. The molecule has 7 heteroatoms. The Morgan fingerprint density at radius 3 is 2.47 bits per heavy atom. The van der Waals surface area contributed by atoms with Crippen molar-refractivity contribution in [3.8, 4) is 17.0 Å². The quantitative estimate of drug-likeness (QED) is 0.378. The summed E-state index contributed by atoms with van der Waals surface area (Å²) >= 11 is 1.19. The highest BCUT2D eigenvalue weighted by Crippen LogP contribution is 2.40. The van der Waals surface area contributed by atoms with Gasteiger partial charge in [0.2, 0.25) is 0 Å². The molecule has 0 aliphatic carbocycles. The van der Waals surface area contributed by atoms with Crippen LogP contribution in [0.5, 0.6) is 5.75 Å². The molecule has 0 unspecified atom stereocenters. The van der Waals surface area contributed by atoms with Gasteiger partial charge in [-0.1, -0.05) is 43.7 Å². The third kappa shape index (κ3) is 4.51. The number of aryl methyl sites for hydroxylation is 1. The van der Waals surface area contributed by atoms with E-state index in [2.05, 4.69) is 9.36 Å². The SMILES string of the molecule is CCCCOC(=O)c1nc(-c2ccccc2)c2c(C)nsc2c1OC(=O)C(C)(C)C. The molecule has 0 atom stereocenters. The molecule has 3 rings (SSSR count). The Labute approximate surface area is 180 Å². The van der Waals surface area contributed by atoms with Gasteiger partial charge in [0.15, 0.2) is 11.4 Å². The summed E-state index contributed by atoms with van der Waals surface area (Å²) < 4.78 is 16.2. The summed E-state index contributed by atoms with van der Waals surface area (Å²) in [6, 6.07) is 9.58. The van der Waals surface area contributed by atoms with Crippen LogP contribution in [-0.2, 0) is 9.53 Å². The van der Waals surface area contributed by atoms with Gasteiger partial charge < -0.3 is 9.47 Å². The van der Waals surface area contributed by atoms with Gasteiger partial charge in [-0.05, 0) is 45.6 Å². The Morgan fingerprint density at radius 1 is 1.13 bits per heavy atom. The number of carbonyl (C=O) groups is 2. The van der Waals surface area contributed by atoms with Crippen LogP contribution in [0.15, 0.2) is 30.3 Å². The number of hydrogen-bond donors (Lipinski definition) is 0. The lowest BCUT2D eigenvalue weighted by Gasteiger charge is -2.18. The molecule has 0 spiro atoms. The fraction of sp³-hybridized carbons (Fsp3) is 0.391. The van der Waals surface area contributed by atoms with Gasteiger partial charge in [-0.3, -0.25) is 4.79 Å². The highest BCUT2D eigenvalue weighted by atomic mass is 32.1. The average Bonchev–Trinajstić information content (AvgIpc) is 3.10. The van der Waals surface area contributed by atoms with Crippen molar-refractivity contribution >= 4 is 33.6 Å². The van der Waals surface area contributed by atoms with Crippen LogP contribution < -0.4 is 4.74 Å². The molecule has 0 saturated carbocycles. The van der Waals surface area contributed by atoms with E-state index >= 15 is 0 Å². The summed E-state index contributed by atoms with van der Waals surface area (Å²) in [5.41, 5.74) is 1.49. The molecule has 3 aromatic rings. The molecule has 1 aromatic carbocycles. The van der Waals surface area contributed by atoms with Gasteiger partial charge in [0.1, 0.15) is 4.70 Å². The first-order valence-corrected chi connectivity index (χ1v) is 10.8. The second-order valence-electron chi connectivity index (χ2n) is 8.11. The third-order valence-electron chi connectivity index (χ3n) is 4.52. The maximum atomic E-state index is 12.9. The van der Waals surface area contributed by atoms with Crippen molar-refractivity contribution in [2.45, 2.75) is 47.5 Å². The van der Waals surface area contributed by atoms with E-state index < -0.39 is 17.4 Å². The van der Waals surface area contributed by atoms with E-state index in [4.69, 9.17) is 9.47 Å². The normalized spacial score (nSPS) is 11.5. The smallest absolute Gasteiger partial charge is 0.360 e. The Morgan fingerprint density at radius 2 is 1.83 bits per heavy atom. The van der Waals surface area contributed by atoms with E-state index in [0.29, 0.717) is 10.4 Å². The van der Waals surface area contributed by atoms with E-state index in [1.807, 2.05) is 44.2 Å². The van der Waals surface area contributed by atoms with Crippen LogP contribution in [0.1, 0.15) is 56.7 Å². The number of aromatic nitrogens is 2. The number of fused-ring (bicyclic) bond motifs is 1. The van der Waals surface area contributed by atoms with Crippen LogP contribution in [0.3, 0.4) is 0 Å². The van der Waals surface area contributed by atoms with Crippen LogP contribution in [0, 0.1) is 12.3 Å². The minimum absolute atomic E-state index is 0.00120. The molecular formula is C23H26N2O4S. The van der Waals surface area contributed by atoms with Crippen LogP contribution in [0.2, 0.25) is 0 Å². The summed E-state index contributed by atoms with van der Waals surface area (Å²) in [7, 11) is 0. The van der Waals surface area contributed by atoms with Crippen LogP contribution in [0.4, 0.5) is 0 Å². The lowest BCUT2D eigenvalue weighted by atomic mass is 9.97. The molecule has 0 amide bonds. The predicted molar refractivity (Wildman–Crippen MR) is 118 cm³/mol. The first kappa shape index (κ1) is 21.9. The molecule has 2 heterocycles. The van der Waals surface area contributed by atoms with Gasteiger partial charge in [0.05, 0.1) is 23.4 Å². The summed E-state index contributed by atoms with van der Waals surface area (Å²) in [5, 5.41) is 0.771. The van der Waals surface area contributed by atoms with E-state index in [-0.39, 0.29) is 18.1 Å². The number of esters is 2. The zero-order valence-electron chi connectivity index (χ0n) is 17.9. The Bertz CT molecular complexity index is 1070. The molecule has 0 fully saturated rings. The maximum Gasteiger partial charge on any atom is 0.360 e. The lowest BCUT2D eigenvalue weighted by Crippen LogP contribution is -2.27. The number of benzene rings is 1. The van der Waals surface area contributed by atoms with Gasteiger partial charge >= 0.3 is 11.9 Å². The second kappa shape index (κ2) is 8.92. The lowest BCUT2D eigenvalue weighted by molar-refractivity contribution is -0.142. The molecule has 0 bridgehead atoms. The van der Waals surface area contributed by atoms with Crippen molar-refractivity contribution in [1.82, 2.24) is 9.36 Å². The topological polar surface area (TPSA) is 78.4 Å². The van der Waals surface area contributed by atoms with Gasteiger partial charge in [-0.2, -0.15) is 4.37 Å². The highest BCUT2D eigenvalue weighted by molar-refractivity contribution is 7.14. The zero-order valence-corrected chi connectivity index (χ0v) is 18.8. The van der Waals surface area contributed by atoms with Crippen LogP contribution in [-0.4, -0.2) is 27.9 Å². The molecule has 0 N–H and O–H groups in total. The minimum atomic E-state index is -0.743. The van der Waals surface area contributed by atoms with E-state index in [1.54, 1.807) is 20.8 Å². The molecule has 0 radical (unpaired) electrons. The summed E-state index contributed by atoms with van der Waals surface area (Å²) in [5.74, 6) is -0.936. The molecular weight excluding hydrogens is 400 g/mol. The van der Waals surface area contributed by atoms with Gasteiger partial charge in [-0.15, -0.1) is 0 Å². The largest absolute Gasteiger partial charge is 0.461 e. The van der Waals surface area contributed by atoms with Crippen LogP contribution in [0.25, 0.3) is 21.3 Å². The number of ether oxygens (including phenoxy) is 2. The predicted octanol–water partition coefficient (Wildman–Crippen LogP) is 5.58. The molecule has 2 aromatic heterocycles. The van der Waals surface area contributed by atoms with Gasteiger partial charge in [-0.25, -0.2) is 9.78 Å². The first-order valence-electron chi connectivity index (χ1n) is 9.98. The van der Waals surface area contributed by atoms with Crippen molar-refractivity contribution < 1.29 is 19.1 Å². The number of pyridine rings is 1. The van der Waals surface area contributed by atoms with Crippen molar-refractivity contribution in [2.24, 2.45) is 5.41 Å². The third-order valence-corrected chi connectivity index (χ3v) is 5.46. The number of rotatable bonds is 6. The highest BCUT2D eigenvalue weighted by Gasteiger charge is 2.31. The van der Waals surface area contributed by atoms with Gasteiger partial charge in [0.25, 0.3) is 0 Å². The zero-order chi connectivity index (χ0) is 21.9. The van der Waals surface area contributed by atoms with Gasteiger partial charge in [0, 0.05) is 10.9 Å². The van der Waals surface area contributed by atoms with E-state index in [1.165, 1.54) is 11.5 Å². The maximum absolute atomic E-state index is 12.9. The molecule has 0 saturated heterocycles. The number of unbranched alkanes of at least 4 members (excludes halogenated alkanes) is 1. The molecule has 158 valence electrons. The fourth-order valence-electron chi connectivity index (χ4n) is 2.79. The standard InChI is InChI=1S/C23H26N2O4S/c1-6-7-13-28-21(26)18-19(29-22(27)23(3,4)5)20-16(14(2)25-30-20)17(24-18)15-11-9-8-10-12-15/h8-12H,6-7,13H2,1-5H3. The molecule has 0 aliphatic rings. The monoisotopic (exact) mass is 426 g/mol. The number of hydrogen-bond acceptors (Lipinski definition) is 7. The second-order valence-corrected chi connectivity index (χ2v) is 8.88. The van der Waals surface area contributed by atoms with Crippen molar-refractivity contribution in [2.75, 3.05) is 6.61 Å². The fourth-order valence-corrected chi connectivity index (χ4v) is 3.67. The Hall–Kier alpha value is -2.80. The first-order chi connectivity index (χ1) is 14.2. The Balaban J connectivity index is 2.22. The minimum Gasteiger partial charge on any atom is -0.461 e. The molecule has 6 nitrogen and oxygen atoms in total. The van der Waals surface area contributed by atoms with Crippen LogP contribution >= 0.6 is 11.5 Å². The van der Waals surface area contributed by atoms with Crippen molar-refractivity contribution in [1.29, 1.82) is 0 Å². The summed E-state index contributed by atoms with van der Waals surface area (Å²) in [4.78, 5) is 30.2. The Kier molecular flexibility index (Phi) is 6.51. The number of carbonyl (C=O) groups excluding carboxylic acids is 2. The van der Waals surface area contributed by atoms with Crippen molar-refractivity contribution in [3.63, 3.8) is 0 Å². The van der Waals surface area contributed by atoms with E-state index in [9.17, 15) is 9.59 Å². The summed E-state index contributed by atoms with van der Waals surface area (Å²) in [6.07, 6.45) is 1.64. The number of nitrogens with zero attached hydrogens (tertiary/aromatic N) is 2. The average molecular weight is 427 g/mol. The molecule has 0 aliphatic heterocycles. The summed E-state index contributed by atoms with van der Waals surface area (Å²) in [6.45, 7) is 9.45. The van der Waals surface area contributed by atoms with Crippen molar-refractivity contribution in [3.05, 3.63) is 41.7 Å².